The van der Waals surface area contributed by atoms with E-state index in [0.717, 1.165) is 17.0 Å². The van der Waals surface area contributed by atoms with Crippen molar-refractivity contribution in [3.8, 4) is 17.1 Å². The summed E-state index contributed by atoms with van der Waals surface area (Å²) in [6.45, 7) is 4.21. The van der Waals surface area contributed by atoms with Gasteiger partial charge >= 0.3 is 5.97 Å². The zero-order chi connectivity index (χ0) is 22.0. The van der Waals surface area contributed by atoms with E-state index in [9.17, 15) is 9.59 Å². The van der Waals surface area contributed by atoms with E-state index < -0.39 is 11.4 Å². The maximum absolute atomic E-state index is 12.8. The molecule has 0 unspecified atom stereocenters. The van der Waals surface area contributed by atoms with Crippen LogP contribution in [0, 0.1) is 6.92 Å². The molecule has 31 heavy (non-hydrogen) atoms. The van der Waals surface area contributed by atoms with Crippen molar-refractivity contribution >= 4 is 17.0 Å². The molecule has 0 radical (unpaired) electrons. The van der Waals surface area contributed by atoms with Crippen LogP contribution < -0.4 is 10.2 Å². The second-order valence-electron chi connectivity index (χ2n) is 6.97. The lowest BCUT2D eigenvalue weighted by molar-refractivity contribution is 0.0462. The third kappa shape index (κ3) is 4.05. The van der Waals surface area contributed by atoms with Gasteiger partial charge in [0, 0.05) is 30.1 Å². The smallest absolute Gasteiger partial charge is 0.344 e. The highest BCUT2D eigenvalue weighted by molar-refractivity contribution is 5.93. The summed E-state index contributed by atoms with van der Waals surface area (Å²) in [5.41, 5.74) is 2.14. The molecule has 0 aliphatic carbocycles. The van der Waals surface area contributed by atoms with Crippen molar-refractivity contribution in [2.75, 3.05) is 7.11 Å². The average molecular weight is 419 g/mol. The molecule has 8 nitrogen and oxygen atoms in total. The number of benzene rings is 1. The lowest BCUT2D eigenvalue weighted by atomic mass is 10.1. The molecule has 0 saturated carbocycles. The van der Waals surface area contributed by atoms with E-state index in [1.807, 2.05) is 38.1 Å². The minimum atomic E-state index is -0.719. The summed E-state index contributed by atoms with van der Waals surface area (Å²) in [6.07, 6.45) is 1.49. The minimum absolute atomic E-state index is 0.0427. The third-order valence-corrected chi connectivity index (χ3v) is 4.91. The molecular weight excluding hydrogens is 398 g/mol. The number of aryl methyl sites for hydroxylation is 2. The van der Waals surface area contributed by atoms with E-state index in [4.69, 9.17) is 14.0 Å². The van der Waals surface area contributed by atoms with E-state index in [1.165, 1.54) is 6.20 Å². The molecule has 1 aromatic carbocycles. The highest BCUT2D eigenvalue weighted by atomic mass is 16.5. The van der Waals surface area contributed by atoms with Crippen molar-refractivity contribution in [1.29, 1.82) is 0 Å². The Balaban J connectivity index is 1.53. The SMILES string of the molecule is CCn1cc(C(=O)OCc2cc(-c3ccc(OC)cc3)on2)c(=O)c2ccc(C)nc21. The number of fused-ring (bicyclic) bond motifs is 1. The van der Waals surface area contributed by atoms with Gasteiger partial charge in [0.2, 0.25) is 5.43 Å². The van der Waals surface area contributed by atoms with Gasteiger partial charge in [0.05, 0.1) is 12.5 Å². The largest absolute Gasteiger partial charge is 0.497 e. The number of rotatable bonds is 6. The van der Waals surface area contributed by atoms with Crippen molar-refractivity contribution in [2.45, 2.75) is 27.0 Å². The fourth-order valence-corrected chi connectivity index (χ4v) is 3.23. The molecule has 0 aliphatic rings. The molecule has 3 heterocycles. The fraction of sp³-hybridized carbons (Fsp3) is 0.217. The van der Waals surface area contributed by atoms with Crippen LogP contribution in [0.15, 0.2) is 58.0 Å². The van der Waals surface area contributed by atoms with Crippen LogP contribution in [0.25, 0.3) is 22.4 Å². The van der Waals surface area contributed by atoms with Gasteiger partial charge in [-0.15, -0.1) is 0 Å². The highest BCUT2D eigenvalue weighted by Gasteiger charge is 2.18. The minimum Gasteiger partial charge on any atom is -0.497 e. The molecule has 0 N–H and O–H groups in total. The Morgan fingerprint density at radius 3 is 2.65 bits per heavy atom. The lowest BCUT2D eigenvalue weighted by Crippen LogP contribution is -2.21. The Morgan fingerprint density at radius 1 is 1.16 bits per heavy atom. The number of methoxy groups -OCH3 is 1. The standard InChI is InChI=1S/C23H21N3O5/c1-4-26-12-19(21(27)18-10-5-14(2)24-22(18)26)23(28)30-13-16-11-20(31-25-16)15-6-8-17(29-3)9-7-15/h5-12H,4,13H2,1-3H3. The number of carbonyl (C=O) groups excluding carboxylic acids is 1. The van der Waals surface area contributed by atoms with Crippen molar-refractivity contribution in [3.63, 3.8) is 0 Å². The summed E-state index contributed by atoms with van der Waals surface area (Å²) >= 11 is 0. The molecule has 0 aliphatic heterocycles. The van der Waals surface area contributed by atoms with E-state index in [1.54, 1.807) is 29.9 Å². The second kappa shape index (κ2) is 8.43. The van der Waals surface area contributed by atoms with Gasteiger partial charge in [0.1, 0.15) is 29.3 Å². The van der Waals surface area contributed by atoms with Crippen LogP contribution in [0.3, 0.4) is 0 Å². The molecule has 4 rings (SSSR count). The predicted molar refractivity (Wildman–Crippen MR) is 114 cm³/mol. The molecule has 3 aromatic heterocycles. The van der Waals surface area contributed by atoms with E-state index in [0.29, 0.717) is 29.0 Å². The molecule has 8 heteroatoms. The highest BCUT2D eigenvalue weighted by Crippen LogP contribution is 2.23. The van der Waals surface area contributed by atoms with Crippen molar-refractivity contribution in [3.05, 3.63) is 75.8 Å². The summed E-state index contributed by atoms with van der Waals surface area (Å²) in [5, 5.41) is 4.32. The van der Waals surface area contributed by atoms with Crippen LogP contribution in [-0.2, 0) is 17.9 Å². The Bertz CT molecular complexity index is 1310. The van der Waals surface area contributed by atoms with Crippen molar-refractivity contribution in [2.24, 2.45) is 0 Å². The van der Waals surface area contributed by atoms with Gasteiger partial charge in [0.15, 0.2) is 5.76 Å². The maximum Gasteiger partial charge on any atom is 0.344 e. The molecule has 0 spiro atoms. The first-order chi connectivity index (χ1) is 15.0. The second-order valence-corrected chi connectivity index (χ2v) is 6.97. The normalized spacial score (nSPS) is 10.9. The average Bonchev–Trinajstić information content (AvgIpc) is 3.27. The number of aromatic nitrogens is 3. The van der Waals surface area contributed by atoms with Gasteiger partial charge in [-0.3, -0.25) is 4.79 Å². The van der Waals surface area contributed by atoms with Gasteiger partial charge in [-0.2, -0.15) is 0 Å². The molecule has 0 bridgehead atoms. The fourth-order valence-electron chi connectivity index (χ4n) is 3.23. The molecule has 4 aromatic rings. The Hall–Kier alpha value is -3.94. The molecular formula is C23H21N3O5. The summed E-state index contributed by atoms with van der Waals surface area (Å²) < 4.78 is 17.6. The molecule has 0 saturated heterocycles. The van der Waals surface area contributed by atoms with Crippen LogP contribution >= 0.6 is 0 Å². The van der Waals surface area contributed by atoms with Gasteiger partial charge in [-0.1, -0.05) is 5.16 Å². The van der Waals surface area contributed by atoms with E-state index in [-0.39, 0.29) is 12.2 Å². The van der Waals surface area contributed by atoms with Gasteiger partial charge in [0.25, 0.3) is 0 Å². The number of pyridine rings is 2. The number of ether oxygens (including phenoxy) is 2. The Morgan fingerprint density at radius 2 is 1.94 bits per heavy atom. The summed E-state index contributed by atoms with van der Waals surface area (Å²) in [6, 6.07) is 12.4. The number of nitrogens with zero attached hydrogens (tertiary/aromatic N) is 3. The first-order valence-electron chi connectivity index (χ1n) is 9.78. The molecule has 0 atom stereocenters. The monoisotopic (exact) mass is 419 g/mol. The van der Waals surface area contributed by atoms with E-state index >= 15 is 0 Å². The van der Waals surface area contributed by atoms with E-state index in [2.05, 4.69) is 10.1 Å². The zero-order valence-electron chi connectivity index (χ0n) is 17.4. The van der Waals surface area contributed by atoms with Crippen molar-refractivity contribution in [1.82, 2.24) is 14.7 Å². The van der Waals surface area contributed by atoms with Crippen LogP contribution in [0.2, 0.25) is 0 Å². The van der Waals surface area contributed by atoms with Gasteiger partial charge in [-0.25, -0.2) is 9.78 Å². The van der Waals surface area contributed by atoms with Crippen LogP contribution in [0.4, 0.5) is 0 Å². The number of hydrogen-bond donors (Lipinski definition) is 0. The van der Waals surface area contributed by atoms with Crippen molar-refractivity contribution < 1.29 is 18.8 Å². The maximum atomic E-state index is 12.8. The molecule has 0 fully saturated rings. The third-order valence-electron chi connectivity index (χ3n) is 4.91. The molecule has 158 valence electrons. The number of hydrogen-bond acceptors (Lipinski definition) is 7. The predicted octanol–water partition coefficient (Wildman–Crippen LogP) is 3.75. The van der Waals surface area contributed by atoms with Gasteiger partial charge < -0.3 is 18.6 Å². The summed E-state index contributed by atoms with van der Waals surface area (Å²) in [4.78, 5) is 29.9. The van der Waals surface area contributed by atoms with Crippen LogP contribution in [0.5, 0.6) is 5.75 Å². The summed E-state index contributed by atoms with van der Waals surface area (Å²) in [5.74, 6) is 0.550. The summed E-state index contributed by atoms with van der Waals surface area (Å²) in [7, 11) is 1.60. The number of esters is 1. The van der Waals surface area contributed by atoms with Crippen LogP contribution in [-0.4, -0.2) is 27.8 Å². The molecule has 0 amide bonds. The number of carbonyl (C=O) groups is 1. The topological polar surface area (TPSA) is 96.5 Å². The lowest BCUT2D eigenvalue weighted by Gasteiger charge is -2.10. The van der Waals surface area contributed by atoms with Crippen LogP contribution in [0.1, 0.15) is 28.7 Å². The first kappa shape index (κ1) is 20.3. The zero-order valence-corrected chi connectivity index (χ0v) is 17.4. The first-order valence-corrected chi connectivity index (χ1v) is 9.78. The van der Waals surface area contributed by atoms with Gasteiger partial charge in [-0.05, 0) is 50.2 Å². The quantitative estimate of drug-likeness (QED) is 0.439. The Kier molecular flexibility index (Phi) is 5.53. The Labute approximate surface area is 178 Å².